The van der Waals surface area contributed by atoms with Crippen molar-refractivity contribution in [2.75, 3.05) is 4.72 Å². The summed E-state index contributed by atoms with van der Waals surface area (Å²) < 4.78 is 4.21. The van der Waals surface area contributed by atoms with Gasteiger partial charge in [0, 0.05) is 46.9 Å². The Labute approximate surface area is 152 Å². The zero-order valence-electron chi connectivity index (χ0n) is 13.1. The van der Waals surface area contributed by atoms with Gasteiger partial charge in [0.15, 0.2) is 4.34 Å². The van der Waals surface area contributed by atoms with Gasteiger partial charge in [0.05, 0.1) is 22.5 Å². The first-order valence-electron chi connectivity index (χ1n) is 7.41. The second-order valence-corrected chi connectivity index (χ2v) is 7.24. The SMILES string of the molecule is Cc1ccc(NSc2nc(-c3cncnc3)cs2)c2[nH]cc(C#N)c12. The average Bonchev–Trinajstić information content (AvgIpc) is 3.29. The summed E-state index contributed by atoms with van der Waals surface area (Å²) in [6.45, 7) is 2.00. The lowest BCUT2D eigenvalue weighted by Gasteiger charge is -2.06. The Hall–Kier alpha value is -2.89. The molecule has 3 heterocycles. The molecule has 0 aliphatic carbocycles. The van der Waals surface area contributed by atoms with Gasteiger partial charge in [0.2, 0.25) is 0 Å². The molecule has 0 atom stereocenters. The Morgan fingerprint density at radius 2 is 2.12 bits per heavy atom. The topological polar surface area (TPSA) is 90.3 Å². The third kappa shape index (κ3) is 2.95. The predicted octanol–water partition coefficient (Wildman–Crippen LogP) is 4.38. The number of rotatable bonds is 4. The molecule has 0 aliphatic rings. The number of nitrogens with one attached hydrogen (secondary N) is 2. The molecule has 8 heteroatoms. The molecule has 122 valence electrons. The van der Waals surface area contributed by atoms with Gasteiger partial charge >= 0.3 is 0 Å². The number of nitrogens with zero attached hydrogens (tertiary/aromatic N) is 4. The molecular weight excluding hydrogens is 352 g/mol. The van der Waals surface area contributed by atoms with E-state index in [1.165, 1.54) is 18.3 Å². The first-order valence-corrected chi connectivity index (χ1v) is 9.10. The van der Waals surface area contributed by atoms with Crippen LogP contribution in [0, 0.1) is 18.3 Å². The van der Waals surface area contributed by atoms with Crippen molar-refractivity contribution >= 4 is 39.9 Å². The zero-order valence-corrected chi connectivity index (χ0v) is 14.8. The van der Waals surface area contributed by atoms with Gasteiger partial charge in [-0.2, -0.15) is 5.26 Å². The molecule has 2 N–H and O–H groups in total. The van der Waals surface area contributed by atoms with Crippen LogP contribution in [0.3, 0.4) is 0 Å². The molecule has 0 radical (unpaired) electrons. The number of nitriles is 1. The normalized spacial score (nSPS) is 10.7. The number of fused-ring (bicyclic) bond motifs is 1. The molecule has 3 aromatic heterocycles. The van der Waals surface area contributed by atoms with Crippen molar-refractivity contribution in [2.24, 2.45) is 0 Å². The van der Waals surface area contributed by atoms with E-state index in [0.29, 0.717) is 5.56 Å². The molecular formula is C17H12N6S2. The van der Waals surface area contributed by atoms with Gasteiger partial charge < -0.3 is 9.71 Å². The minimum absolute atomic E-state index is 0.654. The second-order valence-electron chi connectivity index (χ2n) is 5.32. The largest absolute Gasteiger partial charge is 0.358 e. The quantitative estimate of drug-likeness (QED) is 0.522. The molecule has 0 saturated carbocycles. The highest BCUT2D eigenvalue weighted by atomic mass is 32.2. The molecule has 0 fully saturated rings. The van der Waals surface area contributed by atoms with Crippen LogP contribution in [-0.2, 0) is 0 Å². The van der Waals surface area contributed by atoms with Crippen molar-refractivity contribution in [2.45, 2.75) is 11.3 Å². The number of benzene rings is 1. The third-order valence-electron chi connectivity index (χ3n) is 3.75. The Bertz CT molecular complexity index is 1080. The number of aromatic nitrogens is 4. The van der Waals surface area contributed by atoms with Gasteiger partial charge in [0.1, 0.15) is 12.4 Å². The summed E-state index contributed by atoms with van der Waals surface area (Å²) >= 11 is 2.99. The van der Waals surface area contributed by atoms with Gasteiger partial charge in [-0.05, 0) is 18.6 Å². The summed E-state index contributed by atoms with van der Waals surface area (Å²) in [6, 6.07) is 6.24. The number of aryl methyl sites for hydroxylation is 1. The van der Waals surface area contributed by atoms with Gasteiger partial charge in [-0.25, -0.2) is 15.0 Å². The fraction of sp³-hybridized carbons (Fsp3) is 0.0588. The van der Waals surface area contributed by atoms with Crippen molar-refractivity contribution in [1.82, 2.24) is 19.9 Å². The van der Waals surface area contributed by atoms with Crippen molar-refractivity contribution in [1.29, 1.82) is 5.26 Å². The van der Waals surface area contributed by atoms with Gasteiger partial charge in [-0.1, -0.05) is 6.07 Å². The van der Waals surface area contributed by atoms with Crippen molar-refractivity contribution in [3.63, 3.8) is 0 Å². The lowest BCUT2D eigenvalue weighted by molar-refractivity contribution is 1.15. The monoisotopic (exact) mass is 364 g/mol. The van der Waals surface area contributed by atoms with Gasteiger partial charge in [-0.3, -0.25) is 0 Å². The highest BCUT2D eigenvalue weighted by Gasteiger charge is 2.11. The Balaban J connectivity index is 1.58. The molecule has 0 unspecified atom stereocenters. The maximum absolute atomic E-state index is 9.24. The van der Waals surface area contributed by atoms with Crippen LogP contribution in [0.2, 0.25) is 0 Å². The summed E-state index contributed by atoms with van der Waals surface area (Å²) in [6.07, 6.45) is 6.73. The van der Waals surface area contributed by atoms with Crippen LogP contribution in [0.15, 0.2) is 46.8 Å². The molecule has 4 aromatic rings. The van der Waals surface area contributed by atoms with E-state index in [2.05, 4.69) is 30.7 Å². The van der Waals surface area contributed by atoms with Crippen molar-refractivity contribution in [3.05, 3.63) is 53.6 Å². The molecule has 25 heavy (non-hydrogen) atoms. The first kappa shape index (κ1) is 15.6. The van der Waals surface area contributed by atoms with Crippen LogP contribution in [0.25, 0.3) is 22.2 Å². The smallest absolute Gasteiger partial charge is 0.171 e. The highest BCUT2D eigenvalue weighted by Crippen LogP contribution is 2.33. The minimum atomic E-state index is 0.654. The minimum Gasteiger partial charge on any atom is -0.358 e. The van der Waals surface area contributed by atoms with Crippen LogP contribution in [0.4, 0.5) is 5.69 Å². The van der Waals surface area contributed by atoms with Crippen LogP contribution >= 0.6 is 23.3 Å². The number of anilines is 1. The average molecular weight is 364 g/mol. The molecule has 1 aromatic carbocycles. The summed E-state index contributed by atoms with van der Waals surface area (Å²) in [5, 5.41) is 12.2. The standard InChI is InChI=1S/C17H12N6S2/c1-10-2-3-13(16-15(10)11(4-18)7-21-16)23-25-17-22-14(8-24-17)12-5-19-9-20-6-12/h2-3,5-9,21,23H,1H3. The highest BCUT2D eigenvalue weighted by molar-refractivity contribution is 8.02. The number of hydrogen-bond donors (Lipinski definition) is 2. The first-order chi connectivity index (χ1) is 12.3. The molecule has 0 spiro atoms. The van der Waals surface area contributed by atoms with Gasteiger partial charge in [-0.15, -0.1) is 11.3 Å². The van der Waals surface area contributed by atoms with E-state index in [4.69, 9.17) is 0 Å². The van der Waals surface area contributed by atoms with E-state index in [-0.39, 0.29) is 0 Å². The predicted molar refractivity (Wildman–Crippen MR) is 100 cm³/mol. The number of aromatic amines is 1. The Morgan fingerprint density at radius 3 is 2.92 bits per heavy atom. The van der Waals surface area contributed by atoms with Crippen LogP contribution < -0.4 is 4.72 Å². The fourth-order valence-electron chi connectivity index (χ4n) is 2.56. The summed E-state index contributed by atoms with van der Waals surface area (Å²) in [7, 11) is 0. The molecule has 0 aliphatic heterocycles. The summed E-state index contributed by atoms with van der Waals surface area (Å²) in [5.41, 5.74) is 5.33. The van der Waals surface area contributed by atoms with Crippen LogP contribution in [0.5, 0.6) is 0 Å². The number of H-pyrrole nitrogens is 1. The lowest BCUT2D eigenvalue weighted by Crippen LogP contribution is -1.90. The van der Waals surface area contributed by atoms with E-state index in [1.54, 1.807) is 29.9 Å². The van der Waals surface area contributed by atoms with Crippen LogP contribution in [-0.4, -0.2) is 19.9 Å². The third-order valence-corrected chi connectivity index (χ3v) is 5.51. The van der Waals surface area contributed by atoms with Crippen molar-refractivity contribution in [3.8, 4) is 17.3 Å². The summed E-state index contributed by atoms with van der Waals surface area (Å²) in [5.74, 6) is 0. The van der Waals surface area contributed by atoms with Crippen LogP contribution in [0.1, 0.15) is 11.1 Å². The maximum atomic E-state index is 9.24. The maximum Gasteiger partial charge on any atom is 0.171 e. The summed E-state index contributed by atoms with van der Waals surface area (Å²) in [4.78, 5) is 15.8. The zero-order chi connectivity index (χ0) is 17.2. The molecule has 4 rings (SSSR count). The number of hydrogen-bond acceptors (Lipinski definition) is 7. The second kappa shape index (κ2) is 6.55. The van der Waals surface area contributed by atoms with E-state index in [0.717, 1.165) is 37.8 Å². The van der Waals surface area contributed by atoms with Gasteiger partial charge in [0.25, 0.3) is 0 Å². The van der Waals surface area contributed by atoms with Crippen molar-refractivity contribution < 1.29 is 0 Å². The van der Waals surface area contributed by atoms with E-state index >= 15 is 0 Å². The van der Waals surface area contributed by atoms with E-state index in [1.807, 2.05) is 24.4 Å². The Kier molecular flexibility index (Phi) is 4.09. The fourth-order valence-corrected chi connectivity index (χ4v) is 4.09. The lowest BCUT2D eigenvalue weighted by atomic mass is 10.1. The van der Waals surface area contributed by atoms with E-state index < -0.39 is 0 Å². The molecule has 0 bridgehead atoms. The number of thiazole rings is 1. The molecule has 0 amide bonds. The van der Waals surface area contributed by atoms with E-state index in [9.17, 15) is 5.26 Å². The molecule has 6 nitrogen and oxygen atoms in total. The molecule has 0 saturated heterocycles. The Morgan fingerprint density at radius 1 is 1.28 bits per heavy atom.